The lowest BCUT2D eigenvalue weighted by atomic mass is 10.1. The average Bonchev–Trinajstić information content (AvgIpc) is 3.15. The molecule has 30 heavy (non-hydrogen) atoms. The van der Waals surface area contributed by atoms with Crippen molar-refractivity contribution in [2.45, 2.75) is 18.4 Å². The predicted octanol–water partition coefficient (Wildman–Crippen LogP) is 2.67. The molecule has 0 unspecified atom stereocenters. The summed E-state index contributed by atoms with van der Waals surface area (Å²) in [6.07, 6.45) is 3.43. The van der Waals surface area contributed by atoms with Gasteiger partial charge < -0.3 is 13.9 Å². The van der Waals surface area contributed by atoms with Gasteiger partial charge in [0.1, 0.15) is 12.3 Å². The van der Waals surface area contributed by atoms with Crippen LogP contribution < -0.4 is 0 Å². The number of hydrogen-bond donors (Lipinski definition) is 0. The van der Waals surface area contributed by atoms with Gasteiger partial charge in [-0.1, -0.05) is 17.7 Å². The summed E-state index contributed by atoms with van der Waals surface area (Å²) >= 11 is 5.96. The molecule has 1 aliphatic rings. The minimum Gasteiger partial charge on any atom is -0.456 e. The van der Waals surface area contributed by atoms with Crippen LogP contribution in [0.15, 0.2) is 47.6 Å². The van der Waals surface area contributed by atoms with E-state index in [9.17, 15) is 13.2 Å². The highest BCUT2D eigenvalue weighted by Crippen LogP contribution is 2.23. The number of carbonyl (C=O) groups excluding carboxylic acids is 1. The Morgan fingerprint density at radius 3 is 2.73 bits per heavy atom. The molecule has 0 N–H and O–H groups in total. The van der Waals surface area contributed by atoms with E-state index in [1.807, 2.05) is 0 Å². The zero-order valence-corrected chi connectivity index (χ0v) is 17.8. The Labute approximate surface area is 179 Å². The van der Waals surface area contributed by atoms with Crippen LogP contribution in [0.3, 0.4) is 0 Å². The van der Waals surface area contributed by atoms with Crippen molar-refractivity contribution in [1.29, 1.82) is 0 Å². The summed E-state index contributed by atoms with van der Waals surface area (Å²) in [4.78, 5) is 17.0. The fourth-order valence-corrected chi connectivity index (χ4v) is 5.07. The van der Waals surface area contributed by atoms with Crippen molar-refractivity contribution in [2.24, 2.45) is 0 Å². The molecule has 158 valence electrons. The number of nitrogens with zero attached hydrogens (tertiary/aromatic N) is 3. The van der Waals surface area contributed by atoms with Gasteiger partial charge in [0.2, 0.25) is 10.0 Å². The number of pyridine rings is 1. The van der Waals surface area contributed by atoms with Gasteiger partial charge in [0.15, 0.2) is 0 Å². The quantitative estimate of drug-likeness (QED) is 0.556. The third-order valence-corrected chi connectivity index (χ3v) is 7.09. The van der Waals surface area contributed by atoms with Gasteiger partial charge in [0, 0.05) is 25.5 Å². The normalized spacial score (nSPS) is 15.4. The molecule has 0 amide bonds. The van der Waals surface area contributed by atoms with Crippen LogP contribution in [0, 0.1) is 6.92 Å². The van der Waals surface area contributed by atoms with E-state index < -0.39 is 16.0 Å². The predicted molar refractivity (Wildman–Crippen MR) is 110 cm³/mol. The third kappa shape index (κ3) is 4.20. The Hall–Kier alpha value is -2.46. The highest BCUT2D eigenvalue weighted by Gasteiger charge is 2.28. The number of hydrogen-bond acceptors (Lipinski definition) is 6. The van der Waals surface area contributed by atoms with E-state index in [1.54, 1.807) is 48.0 Å². The number of ether oxygens (including phenoxy) is 2. The number of benzene rings is 1. The van der Waals surface area contributed by atoms with Crippen LogP contribution in [0.25, 0.3) is 5.65 Å². The van der Waals surface area contributed by atoms with Gasteiger partial charge in [0.05, 0.1) is 34.4 Å². The smallest absolute Gasteiger partial charge is 0.338 e. The number of halogens is 1. The van der Waals surface area contributed by atoms with Gasteiger partial charge in [-0.05, 0) is 36.8 Å². The second kappa shape index (κ2) is 8.35. The highest BCUT2D eigenvalue weighted by atomic mass is 35.5. The number of aromatic nitrogens is 2. The SMILES string of the molecule is Cc1ccc(C(=O)OCc2cn3cc(Cl)ccc3n2)cc1S(=O)(=O)N1CCOCC1. The van der Waals surface area contributed by atoms with Gasteiger partial charge in [0.25, 0.3) is 0 Å². The van der Waals surface area contributed by atoms with Gasteiger partial charge >= 0.3 is 5.97 Å². The Morgan fingerprint density at radius 1 is 1.20 bits per heavy atom. The molecule has 0 radical (unpaired) electrons. The lowest BCUT2D eigenvalue weighted by Gasteiger charge is -2.26. The molecule has 1 aliphatic heterocycles. The zero-order chi connectivity index (χ0) is 21.3. The van der Waals surface area contributed by atoms with Crippen molar-refractivity contribution >= 4 is 33.2 Å². The van der Waals surface area contributed by atoms with Crippen LogP contribution in [0.5, 0.6) is 0 Å². The molecule has 1 saturated heterocycles. The van der Waals surface area contributed by atoms with Crippen LogP contribution in [-0.2, 0) is 26.1 Å². The Balaban J connectivity index is 1.51. The van der Waals surface area contributed by atoms with E-state index in [2.05, 4.69) is 4.98 Å². The summed E-state index contributed by atoms with van der Waals surface area (Å²) in [6, 6.07) is 8.01. The molecule has 1 fully saturated rings. The maximum absolute atomic E-state index is 13.0. The highest BCUT2D eigenvalue weighted by molar-refractivity contribution is 7.89. The Bertz CT molecular complexity index is 1200. The number of imidazole rings is 1. The number of aryl methyl sites for hydroxylation is 1. The number of rotatable bonds is 5. The summed E-state index contributed by atoms with van der Waals surface area (Å²) in [5, 5.41) is 0.567. The molecule has 2 aromatic heterocycles. The van der Waals surface area contributed by atoms with Crippen molar-refractivity contribution in [2.75, 3.05) is 26.3 Å². The second-order valence-corrected chi connectivity index (χ2v) is 9.26. The maximum Gasteiger partial charge on any atom is 0.338 e. The molecule has 0 spiro atoms. The first kappa shape index (κ1) is 20.8. The topological polar surface area (TPSA) is 90.2 Å². The first-order valence-electron chi connectivity index (χ1n) is 9.33. The minimum absolute atomic E-state index is 0.0441. The van der Waals surface area contributed by atoms with E-state index in [4.69, 9.17) is 21.1 Å². The number of carbonyl (C=O) groups is 1. The van der Waals surface area contributed by atoms with Crippen LogP contribution in [-0.4, -0.2) is 54.4 Å². The van der Waals surface area contributed by atoms with Crippen LogP contribution >= 0.6 is 11.6 Å². The van der Waals surface area contributed by atoms with Crippen molar-refractivity contribution in [3.8, 4) is 0 Å². The molecule has 3 aromatic rings. The molecule has 0 aliphatic carbocycles. The number of sulfonamides is 1. The second-order valence-electron chi connectivity index (χ2n) is 6.92. The van der Waals surface area contributed by atoms with Gasteiger partial charge in [-0.2, -0.15) is 4.31 Å². The summed E-state index contributed by atoms with van der Waals surface area (Å²) in [7, 11) is -3.72. The van der Waals surface area contributed by atoms with Crippen LogP contribution in [0.2, 0.25) is 5.02 Å². The van der Waals surface area contributed by atoms with Gasteiger partial charge in [-0.15, -0.1) is 0 Å². The third-order valence-electron chi connectivity index (χ3n) is 4.83. The summed E-state index contributed by atoms with van der Waals surface area (Å²) in [5.41, 5.74) is 1.97. The molecule has 8 nitrogen and oxygen atoms in total. The molecule has 1 aromatic carbocycles. The zero-order valence-electron chi connectivity index (χ0n) is 16.2. The monoisotopic (exact) mass is 449 g/mol. The van der Waals surface area contributed by atoms with E-state index in [-0.39, 0.29) is 30.2 Å². The number of esters is 1. The Kier molecular flexibility index (Phi) is 5.79. The van der Waals surface area contributed by atoms with Crippen molar-refractivity contribution < 1.29 is 22.7 Å². The van der Waals surface area contributed by atoms with E-state index in [1.165, 1.54) is 10.4 Å². The van der Waals surface area contributed by atoms with Crippen molar-refractivity contribution in [3.63, 3.8) is 0 Å². The van der Waals surface area contributed by atoms with E-state index >= 15 is 0 Å². The summed E-state index contributed by atoms with van der Waals surface area (Å²) in [5.74, 6) is -0.622. The van der Waals surface area contributed by atoms with E-state index in [0.717, 1.165) is 0 Å². The summed E-state index contributed by atoms with van der Waals surface area (Å²) < 4.78 is 39.7. The molecule has 0 bridgehead atoms. The van der Waals surface area contributed by atoms with Crippen LogP contribution in [0.1, 0.15) is 21.6 Å². The van der Waals surface area contributed by atoms with E-state index in [0.29, 0.717) is 35.1 Å². The maximum atomic E-state index is 13.0. The average molecular weight is 450 g/mol. The lowest BCUT2D eigenvalue weighted by Crippen LogP contribution is -2.40. The standard InChI is InChI=1S/C20H20ClN3O5S/c1-14-2-3-15(10-18(14)30(26,27)24-6-8-28-9-7-24)20(25)29-13-17-12-23-11-16(21)4-5-19(23)22-17/h2-5,10-12H,6-9,13H2,1H3. The molecule has 0 saturated carbocycles. The fourth-order valence-electron chi connectivity index (χ4n) is 3.24. The molecule has 0 atom stereocenters. The lowest BCUT2D eigenvalue weighted by molar-refractivity contribution is 0.0468. The molecule has 4 rings (SSSR count). The number of fused-ring (bicyclic) bond motifs is 1. The first-order chi connectivity index (χ1) is 14.3. The minimum atomic E-state index is -3.72. The first-order valence-corrected chi connectivity index (χ1v) is 11.2. The summed E-state index contributed by atoms with van der Waals surface area (Å²) in [6.45, 7) is 2.93. The van der Waals surface area contributed by atoms with Gasteiger partial charge in [-0.25, -0.2) is 18.2 Å². The molecule has 3 heterocycles. The molecular weight excluding hydrogens is 430 g/mol. The molecular formula is C20H20ClN3O5S. The molecule has 10 heteroatoms. The van der Waals surface area contributed by atoms with Crippen molar-refractivity contribution in [3.05, 3.63) is 64.6 Å². The fraction of sp³-hybridized carbons (Fsp3) is 0.300. The van der Waals surface area contributed by atoms with Crippen LogP contribution in [0.4, 0.5) is 0 Å². The largest absolute Gasteiger partial charge is 0.456 e. The number of morpholine rings is 1. The van der Waals surface area contributed by atoms with Crippen molar-refractivity contribution in [1.82, 2.24) is 13.7 Å². The van der Waals surface area contributed by atoms with Gasteiger partial charge in [-0.3, -0.25) is 0 Å². The Morgan fingerprint density at radius 2 is 1.97 bits per heavy atom.